The minimum absolute atomic E-state index is 0.00635. The summed E-state index contributed by atoms with van der Waals surface area (Å²) in [7, 11) is 0. The van der Waals surface area contributed by atoms with Crippen molar-refractivity contribution in [3.8, 4) is 0 Å². The molecular formula is C24H26O6. The van der Waals surface area contributed by atoms with Crippen molar-refractivity contribution in [3.63, 3.8) is 0 Å². The Morgan fingerprint density at radius 3 is 2.57 bits per heavy atom. The van der Waals surface area contributed by atoms with Gasteiger partial charge in [-0.3, -0.25) is 0 Å². The fourth-order valence-corrected chi connectivity index (χ4v) is 4.46. The summed E-state index contributed by atoms with van der Waals surface area (Å²) in [4.78, 5) is 12.2. The molecule has 158 valence electrons. The van der Waals surface area contributed by atoms with Crippen LogP contribution in [0, 0.1) is 5.92 Å². The molecule has 3 fully saturated rings. The van der Waals surface area contributed by atoms with Crippen LogP contribution in [0.4, 0.5) is 0 Å². The highest BCUT2D eigenvalue weighted by molar-refractivity contribution is 5.89. The van der Waals surface area contributed by atoms with Gasteiger partial charge in [0.05, 0.1) is 31.5 Å². The van der Waals surface area contributed by atoms with Gasteiger partial charge in [-0.25, -0.2) is 4.79 Å². The van der Waals surface area contributed by atoms with Gasteiger partial charge in [-0.2, -0.15) is 0 Å². The van der Waals surface area contributed by atoms with Crippen LogP contribution in [-0.4, -0.2) is 43.8 Å². The number of hydrogen-bond acceptors (Lipinski definition) is 6. The predicted octanol–water partition coefficient (Wildman–Crippen LogP) is 3.87. The van der Waals surface area contributed by atoms with Gasteiger partial charge in [-0.1, -0.05) is 48.5 Å². The highest BCUT2D eigenvalue weighted by Gasteiger charge is 2.50. The highest BCUT2D eigenvalue weighted by atomic mass is 16.8. The second-order valence-electron chi connectivity index (χ2n) is 8.20. The fourth-order valence-electron chi connectivity index (χ4n) is 4.46. The largest absolute Gasteiger partial charge is 0.462 e. The Hall–Kier alpha value is -2.25. The van der Waals surface area contributed by atoms with E-state index in [0.717, 1.165) is 18.4 Å². The summed E-state index contributed by atoms with van der Waals surface area (Å²) in [6.45, 7) is 1.33. The molecule has 0 aliphatic carbocycles. The van der Waals surface area contributed by atoms with Crippen LogP contribution in [0.3, 0.4) is 0 Å². The first kappa shape index (κ1) is 19.7. The van der Waals surface area contributed by atoms with Gasteiger partial charge in [-0.05, 0) is 18.6 Å². The summed E-state index contributed by atoms with van der Waals surface area (Å²) in [5, 5.41) is 0. The standard InChI is InChI=1S/C24H26O6/c25-22(18-7-3-1-4-8-18)26-14-17-13-24(28-15-17)12-11-20-21(30-24)16-27-23(29-20)19-9-5-2-6-10-19/h1-10,17,20-21,23H,11-16H2/t17-,20+,21-,23-,24+/m1/s1. The van der Waals surface area contributed by atoms with Crippen LogP contribution >= 0.6 is 0 Å². The second-order valence-corrected chi connectivity index (χ2v) is 8.20. The normalized spacial score (nSPS) is 33.2. The maximum absolute atomic E-state index is 12.2. The van der Waals surface area contributed by atoms with Crippen LogP contribution in [0.2, 0.25) is 0 Å². The minimum Gasteiger partial charge on any atom is -0.462 e. The summed E-state index contributed by atoms with van der Waals surface area (Å²) in [5.74, 6) is -0.809. The molecule has 3 aliphatic rings. The molecule has 0 N–H and O–H groups in total. The van der Waals surface area contributed by atoms with Crippen molar-refractivity contribution in [1.29, 1.82) is 0 Å². The molecule has 3 aliphatic heterocycles. The summed E-state index contributed by atoms with van der Waals surface area (Å²) in [5.41, 5.74) is 1.58. The molecule has 0 saturated carbocycles. The van der Waals surface area contributed by atoms with Crippen LogP contribution in [0.15, 0.2) is 60.7 Å². The molecule has 6 nitrogen and oxygen atoms in total. The second kappa shape index (κ2) is 8.47. The number of carbonyl (C=O) groups excluding carboxylic acids is 1. The van der Waals surface area contributed by atoms with E-state index >= 15 is 0 Å². The Kier molecular flexibility index (Phi) is 5.56. The molecule has 2 aromatic rings. The van der Waals surface area contributed by atoms with Gasteiger partial charge in [0.1, 0.15) is 6.10 Å². The molecule has 6 heteroatoms. The van der Waals surface area contributed by atoms with E-state index in [0.29, 0.717) is 31.8 Å². The number of benzene rings is 2. The molecule has 5 rings (SSSR count). The SMILES string of the molecule is O=C(OC[C@@H]1CO[C@]2(CC[C@@H]3O[C@H](c4ccccc4)OC[C@H]3O2)C1)c1ccccc1. The third-order valence-electron chi connectivity index (χ3n) is 6.01. The smallest absolute Gasteiger partial charge is 0.338 e. The van der Waals surface area contributed by atoms with E-state index in [-0.39, 0.29) is 30.4 Å². The van der Waals surface area contributed by atoms with Crippen molar-refractivity contribution >= 4 is 5.97 Å². The Morgan fingerprint density at radius 2 is 1.77 bits per heavy atom. The Balaban J connectivity index is 1.13. The number of hydrogen-bond donors (Lipinski definition) is 0. The van der Waals surface area contributed by atoms with Gasteiger partial charge in [-0.15, -0.1) is 0 Å². The Labute approximate surface area is 176 Å². The van der Waals surface area contributed by atoms with Crippen LogP contribution < -0.4 is 0 Å². The maximum Gasteiger partial charge on any atom is 0.338 e. The van der Waals surface area contributed by atoms with Crippen molar-refractivity contribution < 1.29 is 28.5 Å². The molecule has 0 aromatic heterocycles. The van der Waals surface area contributed by atoms with Gasteiger partial charge >= 0.3 is 5.97 Å². The number of ether oxygens (including phenoxy) is 5. The molecule has 0 amide bonds. The van der Waals surface area contributed by atoms with Crippen LogP contribution in [0.1, 0.15) is 41.5 Å². The summed E-state index contributed by atoms with van der Waals surface area (Å²) in [6.07, 6.45) is 1.82. The number of rotatable bonds is 4. The lowest BCUT2D eigenvalue weighted by atomic mass is 9.93. The summed E-state index contributed by atoms with van der Waals surface area (Å²) in [6, 6.07) is 19.0. The van der Waals surface area contributed by atoms with Crippen molar-refractivity contribution in [2.75, 3.05) is 19.8 Å². The predicted molar refractivity (Wildman–Crippen MR) is 108 cm³/mol. The monoisotopic (exact) mass is 410 g/mol. The molecule has 5 atom stereocenters. The number of esters is 1. The van der Waals surface area contributed by atoms with Crippen molar-refractivity contribution in [2.45, 2.75) is 43.5 Å². The van der Waals surface area contributed by atoms with Crippen LogP contribution in [-0.2, 0) is 23.7 Å². The van der Waals surface area contributed by atoms with E-state index in [1.54, 1.807) is 12.1 Å². The van der Waals surface area contributed by atoms with Crippen molar-refractivity contribution in [2.24, 2.45) is 5.92 Å². The Bertz CT molecular complexity index is 857. The molecule has 3 saturated heterocycles. The highest BCUT2D eigenvalue weighted by Crippen LogP contribution is 2.43. The summed E-state index contributed by atoms with van der Waals surface area (Å²) < 4.78 is 30.0. The Morgan fingerprint density at radius 1 is 1.00 bits per heavy atom. The van der Waals surface area contributed by atoms with E-state index < -0.39 is 5.79 Å². The van der Waals surface area contributed by atoms with Crippen LogP contribution in [0.5, 0.6) is 0 Å². The van der Waals surface area contributed by atoms with Gasteiger partial charge in [0.2, 0.25) is 0 Å². The minimum atomic E-state index is -0.628. The fraction of sp³-hybridized carbons (Fsp3) is 0.458. The maximum atomic E-state index is 12.2. The lowest BCUT2D eigenvalue weighted by Gasteiger charge is -2.45. The summed E-state index contributed by atoms with van der Waals surface area (Å²) >= 11 is 0. The average Bonchev–Trinajstić information content (AvgIpc) is 3.20. The first-order chi connectivity index (χ1) is 14.7. The third-order valence-corrected chi connectivity index (χ3v) is 6.01. The zero-order valence-electron chi connectivity index (χ0n) is 16.8. The zero-order chi connectivity index (χ0) is 20.4. The first-order valence-corrected chi connectivity index (χ1v) is 10.6. The molecule has 3 heterocycles. The van der Waals surface area contributed by atoms with E-state index in [2.05, 4.69) is 0 Å². The average molecular weight is 410 g/mol. The zero-order valence-corrected chi connectivity index (χ0v) is 16.8. The van der Waals surface area contributed by atoms with E-state index in [1.165, 1.54) is 0 Å². The molecule has 2 aromatic carbocycles. The molecule has 0 radical (unpaired) electrons. The van der Waals surface area contributed by atoms with E-state index in [1.807, 2.05) is 48.5 Å². The number of carbonyl (C=O) groups is 1. The molecule has 1 spiro atoms. The van der Waals surface area contributed by atoms with Crippen molar-refractivity contribution in [1.82, 2.24) is 0 Å². The lowest BCUT2D eigenvalue weighted by molar-refractivity contribution is -0.344. The van der Waals surface area contributed by atoms with E-state index in [9.17, 15) is 4.79 Å². The van der Waals surface area contributed by atoms with Crippen molar-refractivity contribution in [3.05, 3.63) is 71.8 Å². The third kappa shape index (κ3) is 4.14. The van der Waals surface area contributed by atoms with Gasteiger partial charge in [0, 0.05) is 24.3 Å². The molecule has 0 unspecified atom stereocenters. The topological polar surface area (TPSA) is 63.2 Å². The van der Waals surface area contributed by atoms with E-state index in [4.69, 9.17) is 23.7 Å². The quantitative estimate of drug-likeness (QED) is 0.713. The lowest BCUT2D eigenvalue weighted by Crippen LogP contribution is -2.52. The van der Waals surface area contributed by atoms with Crippen LogP contribution in [0.25, 0.3) is 0 Å². The van der Waals surface area contributed by atoms with Gasteiger partial charge < -0.3 is 23.7 Å². The molecular weight excluding hydrogens is 384 g/mol. The molecule has 0 bridgehead atoms. The first-order valence-electron chi connectivity index (χ1n) is 10.6. The molecule has 30 heavy (non-hydrogen) atoms. The number of fused-ring (bicyclic) bond motifs is 1. The van der Waals surface area contributed by atoms with Gasteiger partial charge in [0.15, 0.2) is 12.1 Å². The van der Waals surface area contributed by atoms with Gasteiger partial charge in [0.25, 0.3) is 0 Å².